The van der Waals surface area contributed by atoms with Gasteiger partial charge in [-0.2, -0.15) is 0 Å². The monoisotopic (exact) mass is 281 g/mol. The summed E-state index contributed by atoms with van der Waals surface area (Å²) >= 11 is 0. The molecule has 114 valence electrons. The number of carbonyl (C=O) groups excluding carboxylic acids is 1. The van der Waals surface area contributed by atoms with E-state index in [0.717, 1.165) is 44.9 Å². The molecule has 0 aliphatic heterocycles. The van der Waals surface area contributed by atoms with Crippen LogP contribution in [0.25, 0.3) is 0 Å². The quantitative estimate of drug-likeness (QED) is 0.786. The minimum atomic E-state index is -0.769. The van der Waals surface area contributed by atoms with Gasteiger partial charge in [0.2, 0.25) is 5.91 Å². The summed E-state index contributed by atoms with van der Waals surface area (Å²) in [4.78, 5) is 23.4. The zero-order valence-corrected chi connectivity index (χ0v) is 12.3. The zero-order valence-electron chi connectivity index (χ0n) is 12.3. The summed E-state index contributed by atoms with van der Waals surface area (Å²) in [5.74, 6) is -0.413. The van der Waals surface area contributed by atoms with Crippen LogP contribution in [-0.2, 0) is 9.59 Å². The third-order valence-electron chi connectivity index (χ3n) is 4.66. The Kier molecular flexibility index (Phi) is 5.86. The molecule has 0 aromatic heterocycles. The number of amides is 1. The summed E-state index contributed by atoms with van der Waals surface area (Å²) in [5.41, 5.74) is 0. The maximum Gasteiger partial charge on any atom is 0.308 e. The van der Waals surface area contributed by atoms with Gasteiger partial charge < -0.3 is 10.4 Å². The SMILES string of the molecule is O=C(O)C(CNC(=O)C1CCCCCCC1)CC1CC1. The molecule has 2 fully saturated rings. The number of carboxylic acids is 1. The third-order valence-corrected chi connectivity index (χ3v) is 4.66. The van der Waals surface area contributed by atoms with Gasteiger partial charge in [0.05, 0.1) is 5.92 Å². The Bertz CT molecular complexity index is 331. The van der Waals surface area contributed by atoms with Crippen molar-refractivity contribution in [3.05, 3.63) is 0 Å². The van der Waals surface area contributed by atoms with E-state index < -0.39 is 11.9 Å². The van der Waals surface area contributed by atoms with E-state index in [0.29, 0.717) is 12.5 Å². The van der Waals surface area contributed by atoms with E-state index in [1.807, 2.05) is 0 Å². The van der Waals surface area contributed by atoms with Gasteiger partial charge in [0, 0.05) is 12.5 Å². The predicted octanol–water partition coefficient (Wildman–Crippen LogP) is 2.96. The second-order valence-corrected chi connectivity index (χ2v) is 6.50. The van der Waals surface area contributed by atoms with E-state index in [9.17, 15) is 14.7 Å². The van der Waals surface area contributed by atoms with Crippen LogP contribution in [0.15, 0.2) is 0 Å². The lowest BCUT2D eigenvalue weighted by atomic mass is 9.90. The van der Waals surface area contributed by atoms with Crippen molar-refractivity contribution in [2.75, 3.05) is 6.54 Å². The van der Waals surface area contributed by atoms with Crippen molar-refractivity contribution in [1.82, 2.24) is 5.32 Å². The highest BCUT2D eigenvalue weighted by molar-refractivity contribution is 5.79. The highest BCUT2D eigenvalue weighted by Gasteiger charge is 2.30. The highest BCUT2D eigenvalue weighted by atomic mass is 16.4. The molecule has 1 atom stereocenters. The van der Waals surface area contributed by atoms with E-state index in [1.54, 1.807) is 0 Å². The Labute approximate surface area is 121 Å². The van der Waals surface area contributed by atoms with E-state index in [2.05, 4.69) is 5.32 Å². The van der Waals surface area contributed by atoms with Gasteiger partial charge in [-0.3, -0.25) is 9.59 Å². The normalized spacial score (nSPS) is 22.6. The smallest absolute Gasteiger partial charge is 0.308 e. The fourth-order valence-corrected chi connectivity index (χ4v) is 3.11. The number of hydrogen-bond donors (Lipinski definition) is 2. The van der Waals surface area contributed by atoms with Gasteiger partial charge in [-0.15, -0.1) is 0 Å². The molecule has 2 rings (SSSR count). The van der Waals surface area contributed by atoms with Crippen molar-refractivity contribution < 1.29 is 14.7 Å². The second-order valence-electron chi connectivity index (χ2n) is 6.50. The molecular weight excluding hydrogens is 254 g/mol. The van der Waals surface area contributed by atoms with Gasteiger partial charge in [0.15, 0.2) is 0 Å². The van der Waals surface area contributed by atoms with Gasteiger partial charge in [0.25, 0.3) is 0 Å². The summed E-state index contributed by atoms with van der Waals surface area (Å²) < 4.78 is 0. The van der Waals surface area contributed by atoms with Gasteiger partial charge in [-0.25, -0.2) is 0 Å². The van der Waals surface area contributed by atoms with Gasteiger partial charge in [0.1, 0.15) is 0 Å². The highest BCUT2D eigenvalue weighted by Crippen LogP contribution is 2.35. The topological polar surface area (TPSA) is 66.4 Å². The first-order valence-corrected chi connectivity index (χ1v) is 8.17. The Balaban J connectivity index is 1.74. The minimum Gasteiger partial charge on any atom is -0.481 e. The number of nitrogens with one attached hydrogen (secondary N) is 1. The molecule has 2 aliphatic rings. The van der Waals surface area contributed by atoms with E-state index in [-0.39, 0.29) is 11.8 Å². The Morgan fingerprint density at radius 2 is 1.60 bits per heavy atom. The molecule has 20 heavy (non-hydrogen) atoms. The molecule has 0 radical (unpaired) electrons. The molecule has 1 amide bonds. The summed E-state index contributed by atoms with van der Waals surface area (Å²) in [5, 5.41) is 12.1. The lowest BCUT2D eigenvalue weighted by Gasteiger charge is -2.20. The molecule has 4 nitrogen and oxygen atoms in total. The zero-order chi connectivity index (χ0) is 14.4. The van der Waals surface area contributed by atoms with Crippen molar-refractivity contribution in [3.8, 4) is 0 Å². The molecule has 0 spiro atoms. The number of carbonyl (C=O) groups is 2. The van der Waals surface area contributed by atoms with Crippen molar-refractivity contribution >= 4 is 11.9 Å². The fraction of sp³-hybridized carbons (Fsp3) is 0.875. The second kappa shape index (κ2) is 7.65. The van der Waals surface area contributed by atoms with Crippen LogP contribution in [0.3, 0.4) is 0 Å². The molecule has 4 heteroatoms. The lowest BCUT2D eigenvalue weighted by molar-refractivity contribution is -0.142. The first-order valence-electron chi connectivity index (χ1n) is 8.17. The predicted molar refractivity (Wildman–Crippen MR) is 77.3 cm³/mol. The Hall–Kier alpha value is -1.06. The van der Waals surface area contributed by atoms with E-state index in [4.69, 9.17) is 0 Å². The van der Waals surface area contributed by atoms with E-state index >= 15 is 0 Å². The molecule has 0 bridgehead atoms. The average molecular weight is 281 g/mol. The maximum atomic E-state index is 12.2. The first kappa shape index (κ1) is 15.3. The van der Waals surface area contributed by atoms with Crippen LogP contribution in [0.4, 0.5) is 0 Å². The Morgan fingerprint density at radius 3 is 2.15 bits per heavy atom. The van der Waals surface area contributed by atoms with E-state index in [1.165, 1.54) is 19.3 Å². The van der Waals surface area contributed by atoms with Crippen LogP contribution >= 0.6 is 0 Å². The fourth-order valence-electron chi connectivity index (χ4n) is 3.11. The molecule has 0 heterocycles. The molecule has 0 aromatic rings. The van der Waals surface area contributed by atoms with Crippen molar-refractivity contribution in [2.24, 2.45) is 17.8 Å². The molecule has 1 unspecified atom stereocenters. The van der Waals surface area contributed by atoms with Crippen LogP contribution in [0, 0.1) is 17.8 Å². The molecule has 2 saturated carbocycles. The van der Waals surface area contributed by atoms with Crippen molar-refractivity contribution in [2.45, 2.75) is 64.2 Å². The molecule has 0 aromatic carbocycles. The lowest BCUT2D eigenvalue weighted by Crippen LogP contribution is -2.37. The van der Waals surface area contributed by atoms with Crippen LogP contribution < -0.4 is 5.32 Å². The molecule has 2 N–H and O–H groups in total. The van der Waals surface area contributed by atoms with Crippen LogP contribution in [0.5, 0.6) is 0 Å². The first-order chi connectivity index (χ1) is 9.66. The van der Waals surface area contributed by atoms with Crippen LogP contribution in [0.1, 0.15) is 64.2 Å². The largest absolute Gasteiger partial charge is 0.481 e. The standard InChI is InChI=1S/C16H27NO3/c18-15(13-6-4-2-1-3-5-7-13)17-11-14(16(19)20)10-12-8-9-12/h12-14H,1-11H2,(H,17,18)(H,19,20). The van der Waals surface area contributed by atoms with Gasteiger partial charge >= 0.3 is 5.97 Å². The van der Waals surface area contributed by atoms with Crippen molar-refractivity contribution in [1.29, 1.82) is 0 Å². The average Bonchev–Trinajstić information content (AvgIpc) is 3.17. The van der Waals surface area contributed by atoms with Crippen molar-refractivity contribution in [3.63, 3.8) is 0 Å². The molecule has 0 saturated heterocycles. The minimum absolute atomic E-state index is 0.0777. The molecular formula is C16H27NO3. The van der Waals surface area contributed by atoms with Crippen LogP contribution in [0.2, 0.25) is 0 Å². The third kappa shape index (κ3) is 5.14. The Morgan fingerprint density at radius 1 is 1.00 bits per heavy atom. The number of carboxylic acid groups (broad SMARTS) is 1. The maximum absolute atomic E-state index is 12.2. The van der Waals surface area contributed by atoms with Gasteiger partial charge in [-0.1, -0.05) is 44.9 Å². The van der Waals surface area contributed by atoms with Gasteiger partial charge in [-0.05, 0) is 25.2 Å². The number of aliphatic carboxylic acids is 1. The summed E-state index contributed by atoms with van der Waals surface area (Å²) in [6, 6.07) is 0. The summed E-state index contributed by atoms with van der Waals surface area (Å²) in [7, 11) is 0. The number of rotatable bonds is 6. The summed E-state index contributed by atoms with van der Waals surface area (Å²) in [6.45, 7) is 0.307. The summed E-state index contributed by atoms with van der Waals surface area (Å²) in [6.07, 6.45) is 11.0. The number of hydrogen-bond acceptors (Lipinski definition) is 2. The molecule has 2 aliphatic carbocycles. The van der Waals surface area contributed by atoms with Crippen LogP contribution in [-0.4, -0.2) is 23.5 Å².